The summed E-state index contributed by atoms with van der Waals surface area (Å²) in [6.45, 7) is 0. The number of carbonyl (C=O) groups excluding carboxylic acids is 1. The Bertz CT molecular complexity index is 542. The van der Waals surface area contributed by atoms with Gasteiger partial charge in [0.15, 0.2) is 0 Å². The van der Waals surface area contributed by atoms with E-state index >= 15 is 0 Å². The maximum Gasteiger partial charge on any atom is 0.257 e. The molecule has 5 heteroatoms. The first-order chi connectivity index (χ1) is 8.15. The van der Waals surface area contributed by atoms with Gasteiger partial charge in [-0.3, -0.25) is 4.79 Å². The molecule has 0 aliphatic heterocycles. The summed E-state index contributed by atoms with van der Waals surface area (Å²) >= 11 is 2.16. The number of nitrogens with zero attached hydrogens (tertiary/aromatic N) is 1. The topological polar surface area (TPSA) is 42.0 Å². The molecule has 1 N–H and O–H groups in total. The zero-order valence-electron chi connectivity index (χ0n) is 8.65. The number of carbonyl (C=O) groups is 1. The van der Waals surface area contributed by atoms with Crippen molar-refractivity contribution in [3.05, 3.63) is 57.7 Å². The highest BCUT2D eigenvalue weighted by Gasteiger charge is 2.06. The Labute approximate surface area is 111 Å². The van der Waals surface area contributed by atoms with E-state index in [1.807, 2.05) is 18.2 Å². The Hall–Kier alpha value is -1.50. The van der Waals surface area contributed by atoms with Crippen LogP contribution >= 0.6 is 22.6 Å². The first-order valence-electron chi connectivity index (χ1n) is 4.83. The average molecular weight is 342 g/mol. The number of anilines is 1. The van der Waals surface area contributed by atoms with Crippen LogP contribution in [0.5, 0.6) is 0 Å². The van der Waals surface area contributed by atoms with Gasteiger partial charge in [-0.25, -0.2) is 4.98 Å². The monoisotopic (exact) mass is 342 g/mol. The molecule has 0 fully saturated rings. The number of rotatable bonds is 2. The molecule has 0 atom stereocenters. The highest BCUT2D eigenvalue weighted by atomic mass is 127. The van der Waals surface area contributed by atoms with E-state index in [1.165, 1.54) is 12.3 Å². The number of aromatic nitrogens is 1. The summed E-state index contributed by atoms with van der Waals surface area (Å²) in [6.07, 6.45) is 1.21. The molecular weight excluding hydrogens is 334 g/mol. The molecule has 2 rings (SSSR count). The SMILES string of the molecule is O=C(Nc1cccc(I)c1)c1ccc(F)nc1. The molecule has 0 unspecified atom stereocenters. The van der Waals surface area contributed by atoms with Crippen molar-refractivity contribution in [2.45, 2.75) is 0 Å². The zero-order valence-corrected chi connectivity index (χ0v) is 10.8. The maximum absolute atomic E-state index is 12.6. The third kappa shape index (κ3) is 3.23. The van der Waals surface area contributed by atoms with Crippen LogP contribution < -0.4 is 5.32 Å². The molecule has 1 aromatic heterocycles. The van der Waals surface area contributed by atoms with Crippen LogP contribution in [0.25, 0.3) is 0 Å². The van der Waals surface area contributed by atoms with Gasteiger partial charge < -0.3 is 5.32 Å². The lowest BCUT2D eigenvalue weighted by atomic mass is 10.2. The van der Waals surface area contributed by atoms with E-state index in [2.05, 4.69) is 32.9 Å². The van der Waals surface area contributed by atoms with Gasteiger partial charge in [-0.1, -0.05) is 6.07 Å². The summed E-state index contributed by atoms with van der Waals surface area (Å²) in [5.41, 5.74) is 1.02. The Balaban J connectivity index is 2.14. The summed E-state index contributed by atoms with van der Waals surface area (Å²) < 4.78 is 13.6. The van der Waals surface area contributed by atoms with E-state index in [9.17, 15) is 9.18 Å². The van der Waals surface area contributed by atoms with Crippen LogP contribution in [0, 0.1) is 9.52 Å². The fourth-order valence-corrected chi connectivity index (χ4v) is 1.82. The van der Waals surface area contributed by atoms with Crippen molar-refractivity contribution in [3.63, 3.8) is 0 Å². The molecule has 1 amide bonds. The third-order valence-electron chi connectivity index (χ3n) is 2.07. The molecule has 17 heavy (non-hydrogen) atoms. The third-order valence-corrected chi connectivity index (χ3v) is 2.74. The van der Waals surface area contributed by atoms with E-state index < -0.39 is 5.95 Å². The van der Waals surface area contributed by atoms with Crippen LogP contribution in [0.1, 0.15) is 10.4 Å². The van der Waals surface area contributed by atoms with Gasteiger partial charge in [0.2, 0.25) is 5.95 Å². The Morgan fingerprint density at radius 2 is 2.12 bits per heavy atom. The number of nitrogens with one attached hydrogen (secondary N) is 1. The van der Waals surface area contributed by atoms with Crippen LogP contribution in [0.15, 0.2) is 42.6 Å². The van der Waals surface area contributed by atoms with Crippen LogP contribution in [-0.4, -0.2) is 10.9 Å². The largest absolute Gasteiger partial charge is 0.322 e. The van der Waals surface area contributed by atoms with Gasteiger partial charge in [-0.05, 0) is 52.9 Å². The molecule has 0 saturated heterocycles. The molecule has 1 aromatic carbocycles. The average Bonchev–Trinajstić information content (AvgIpc) is 2.29. The molecule has 3 nitrogen and oxygen atoms in total. The summed E-state index contributed by atoms with van der Waals surface area (Å²) in [7, 11) is 0. The number of pyridine rings is 1. The van der Waals surface area contributed by atoms with Gasteiger partial charge in [-0.2, -0.15) is 4.39 Å². The quantitative estimate of drug-likeness (QED) is 0.673. The van der Waals surface area contributed by atoms with E-state index in [1.54, 1.807) is 6.07 Å². The molecule has 2 aromatic rings. The van der Waals surface area contributed by atoms with Gasteiger partial charge in [0.1, 0.15) is 0 Å². The van der Waals surface area contributed by atoms with Gasteiger partial charge in [0.25, 0.3) is 5.91 Å². The van der Waals surface area contributed by atoms with Crippen molar-refractivity contribution in [3.8, 4) is 0 Å². The van der Waals surface area contributed by atoms with Gasteiger partial charge in [-0.15, -0.1) is 0 Å². The van der Waals surface area contributed by atoms with Gasteiger partial charge >= 0.3 is 0 Å². The second-order valence-corrected chi connectivity index (χ2v) is 4.58. The first kappa shape index (κ1) is 12.0. The number of hydrogen-bond acceptors (Lipinski definition) is 2. The number of amides is 1. The second-order valence-electron chi connectivity index (χ2n) is 3.33. The Kier molecular flexibility index (Phi) is 3.68. The molecule has 0 spiro atoms. The summed E-state index contributed by atoms with van der Waals surface area (Å²) in [5, 5.41) is 2.71. The predicted octanol–water partition coefficient (Wildman–Crippen LogP) is 3.08. The minimum atomic E-state index is -0.601. The fraction of sp³-hybridized carbons (Fsp3) is 0. The van der Waals surface area contributed by atoms with Crippen molar-refractivity contribution < 1.29 is 9.18 Å². The molecule has 0 bridgehead atoms. The van der Waals surface area contributed by atoms with E-state index in [0.717, 1.165) is 9.64 Å². The molecule has 1 heterocycles. The minimum Gasteiger partial charge on any atom is -0.322 e. The summed E-state index contributed by atoms with van der Waals surface area (Å²) in [5.74, 6) is -0.907. The number of hydrogen-bond donors (Lipinski definition) is 1. The highest BCUT2D eigenvalue weighted by molar-refractivity contribution is 14.1. The Morgan fingerprint density at radius 3 is 2.76 bits per heavy atom. The molecule has 86 valence electrons. The smallest absolute Gasteiger partial charge is 0.257 e. The van der Waals surface area contributed by atoms with Crippen molar-refractivity contribution >= 4 is 34.2 Å². The normalized spacial score (nSPS) is 10.0. The predicted molar refractivity (Wildman–Crippen MR) is 71.3 cm³/mol. The van der Waals surface area contributed by atoms with Crippen LogP contribution in [0.3, 0.4) is 0 Å². The van der Waals surface area contributed by atoms with Crippen molar-refractivity contribution in [1.82, 2.24) is 4.98 Å². The van der Waals surface area contributed by atoms with Gasteiger partial charge in [0.05, 0.1) is 5.56 Å². The first-order valence-corrected chi connectivity index (χ1v) is 5.91. The van der Waals surface area contributed by atoms with Gasteiger partial charge in [0, 0.05) is 15.5 Å². The minimum absolute atomic E-state index is 0.306. The number of halogens is 2. The zero-order chi connectivity index (χ0) is 12.3. The Morgan fingerprint density at radius 1 is 1.29 bits per heavy atom. The number of benzene rings is 1. The lowest BCUT2D eigenvalue weighted by Gasteiger charge is -2.05. The van der Waals surface area contributed by atoms with Crippen molar-refractivity contribution in [2.24, 2.45) is 0 Å². The molecule has 0 aliphatic carbocycles. The lowest BCUT2D eigenvalue weighted by Crippen LogP contribution is -2.12. The lowest BCUT2D eigenvalue weighted by molar-refractivity contribution is 0.102. The van der Waals surface area contributed by atoms with E-state index in [-0.39, 0.29) is 5.91 Å². The molecule has 0 radical (unpaired) electrons. The summed E-state index contributed by atoms with van der Waals surface area (Å²) in [6, 6.07) is 9.96. The fourth-order valence-electron chi connectivity index (χ4n) is 1.28. The van der Waals surface area contributed by atoms with Crippen molar-refractivity contribution in [1.29, 1.82) is 0 Å². The van der Waals surface area contributed by atoms with Crippen LogP contribution in [0.2, 0.25) is 0 Å². The summed E-state index contributed by atoms with van der Waals surface area (Å²) in [4.78, 5) is 15.2. The molecule has 0 aliphatic rings. The second kappa shape index (κ2) is 5.22. The standard InChI is InChI=1S/C12H8FIN2O/c13-11-5-4-8(7-15-11)12(17)16-10-3-1-2-9(14)6-10/h1-7H,(H,16,17). The van der Waals surface area contributed by atoms with Crippen LogP contribution in [-0.2, 0) is 0 Å². The highest BCUT2D eigenvalue weighted by Crippen LogP contribution is 2.13. The maximum atomic E-state index is 12.6. The van der Waals surface area contributed by atoms with Crippen LogP contribution in [0.4, 0.5) is 10.1 Å². The molecular formula is C12H8FIN2O. The van der Waals surface area contributed by atoms with E-state index in [0.29, 0.717) is 11.3 Å². The molecule has 0 saturated carbocycles. The van der Waals surface area contributed by atoms with E-state index in [4.69, 9.17) is 0 Å². The van der Waals surface area contributed by atoms with Crippen molar-refractivity contribution in [2.75, 3.05) is 5.32 Å².